The van der Waals surface area contributed by atoms with Crippen molar-refractivity contribution in [2.45, 2.75) is 38.1 Å². The van der Waals surface area contributed by atoms with Gasteiger partial charge in [0.15, 0.2) is 0 Å². The number of hydrogen-bond acceptors (Lipinski definition) is 4. The van der Waals surface area contributed by atoms with Gasteiger partial charge in [0.1, 0.15) is 5.82 Å². The Morgan fingerprint density at radius 3 is 2.38 bits per heavy atom. The molecule has 3 aromatic carbocycles. The third kappa shape index (κ3) is 6.11. The van der Waals surface area contributed by atoms with Gasteiger partial charge in [-0.3, -0.25) is 4.79 Å². The van der Waals surface area contributed by atoms with Gasteiger partial charge in [-0.1, -0.05) is 66.7 Å². The van der Waals surface area contributed by atoms with Crippen LogP contribution in [0.3, 0.4) is 0 Å². The van der Waals surface area contributed by atoms with Crippen molar-refractivity contribution in [3.8, 4) is 0 Å². The summed E-state index contributed by atoms with van der Waals surface area (Å²) in [4.78, 5) is 20.1. The van der Waals surface area contributed by atoms with Gasteiger partial charge in [-0.05, 0) is 61.3 Å². The molecule has 0 spiro atoms. The SMILES string of the molecule is CN(C)c1cc(N[C@H]2CC[C@@H](CNC(=O)c3ccccc3Cc3ccccc3)CC2)nc2ccccc12. The molecule has 0 radical (unpaired) electrons. The monoisotopic (exact) mass is 492 g/mol. The first-order valence-corrected chi connectivity index (χ1v) is 13.3. The number of carbonyl (C=O) groups is 1. The molecule has 5 nitrogen and oxygen atoms in total. The van der Waals surface area contributed by atoms with E-state index in [1.807, 2.05) is 42.5 Å². The summed E-state index contributed by atoms with van der Waals surface area (Å²) >= 11 is 0. The lowest BCUT2D eigenvalue weighted by molar-refractivity contribution is 0.0942. The molecule has 1 aliphatic rings. The second-order valence-electron chi connectivity index (χ2n) is 10.3. The van der Waals surface area contributed by atoms with Crippen molar-refractivity contribution < 1.29 is 4.79 Å². The summed E-state index contributed by atoms with van der Waals surface area (Å²) in [7, 11) is 4.15. The van der Waals surface area contributed by atoms with Gasteiger partial charge in [0.25, 0.3) is 5.91 Å². The lowest BCUT2D eigenvalue weighted by Gasteiger charge is -2.30. The predicted molar refractivity (Wildman–Crippen MR) is 153 cm³/mol. The molecule has 1 aliphatic carbocycles. The molecule has 1 fully saturated rings. The molecule has 1 saturated carbocycles. The first kappa shape index (κ1) is 24.8. The van der Waals surface area contributed by atoms with Crippen molar-refractivity contribution in [2.75, 3.05) is 30.9 Å². The number of hydrogen-bond donors (Lipinski definition) is 2. The number of anilines is 2. The van der Waals surface area contributed by atoms with Crippen LogP contribution in [0.15, 0.2) is 84.9 Å². The largest absolute Gasteiger partial charge is 0.377 e. The summed E-state index contributed by atoms with van der Waals surface area (Å²) in [6.45, 7) is 0.726. The Morgan fingerprint density at radius 1 is 0.892 bits per heavy atom. The number of benzene rings is 3. The van der Waals surface area contributed by atoms with Crippen LogP contribution in [0, 0.1) is 5.92 Å². The zero-order valence-corrected chi connectivity index (χ0v) is 21.8. The molecular formula is C32H36N4O. The molecule has 0 unspecified atom stereocenters. The highest BCUT2D eigenvalue weighted by atomic mass is 16.1. The lowest BCUT2D eigenvalue weighted by Crippen LogP contribution is -2.34. The van der Waals surface area contributed by atoms with Crippen molar-refractivity contribution in [1.29, 1.82) is 0 Å². The molecule has 0 bridgehead atoms. The number of rotatable bonds is 8. The number of aromatic nitrogens is 1. The highest BCUT2D eigenvalue weighted by molar-refractivity contribution is 5.96. The first-order chi connectivity index (χ1) is 18.1. The molecule has 5 heteroatoms. The van der Waals surface area contributed by atoms with Gasteiger partial charge in [0, 0.05) is 49.4 Å². The minimum Gasteiger partial charge on any atom is -0.377 e. The second kappa shape index (κ2) is 11.5. The molecule has 4 aromatic rings. The van der Waals surface area contributed by atoms with Crippen molar-refractivity contribution in [1.82, 2.24) is 10.3 Å². The van der Waals surface area contributed by atoms with E-state index in [-0.39, 0.29) is 5.91 Å². The summed E-state index contributed by atoms with van der Waals surface area (Å²) in [5, 5.41) is 8.08. The number of carbonyl (C=O) groups excluding carboxylic acids is 1. The molecule has 1 aromatic heterocycles. The molecule has 0 saturated heterocycles. The lowest BCUT2D eigenvalue weighted by atomic mass is 9.86. The molecule has 1 amide bonds. The maximum atomic E-state index is 13.1. The van der Waals surface area contributed by atoms with E-state index in [1.54, 1.807) is 0 Å². The second-order valence-corrected chi connectivity index (χ2v) is 10.3. The summed E-state index contributed by atoms with van der Waals surface area (Å²) in [5.74, 6) is 1.47. The Kier molecular flexibility index (Phi) is 7.69. The van der Waals surface area contributed by atoms with Gasteiger partial charge >= 0.3 is 0 Å². The number of nitrogens with one attached hydrogen (secondary N) is 2. The number of pyridine rings is 1. The first-order valence-electron chi connectivity index (χ1n) is 13.3. The average molecular weight is 493 g/mol. The summed E-state index contributed by atoms with van der Waals surface area (Å²) < 4.78 is 0. The van der Waals surface area contributed by atoms with Crippen LogP contribution in [0.25, 0.3) is 10.9 Å². The highest BCUT2D eigenvalue weighted by Crippen LogP contribution is 2.30. The Labute approximate surface area is 219 Å². The third-order valence-electron chi connectivity index (χ3n) is 7.43. The van der Waals surface area contributed by atoms with Crippen LogP contribution in [0.2, 0.25) is 0 Å². The van der Waals surface area contributed by atoms with Gasteiger partial charge in [-0.25, -0.2) is 4.98 Å². The van der Waals surface area contributed by atoms with Crippen LogP contribution < -0.4 is 15.5 Å². The smallest absolute Gasteiger partial charge is 0.251 e. The predicted octanol–water partition coefficient (Wildman–Crippen LogP) is 6.29. The molecule has 5 rings (SSSR count). The molecule has 37 heavy (non-hydrogen) atoms. The van der Waals surface area contributed by atoms with Crippen molar-refractivity contribution >= 4 is 28.3 Å². The van der Waals surface area contributed by atoms with Crippen molar-refractivity contribution in [2.24, 2.45) is 5.92 Å². The minimum atomic E-state index is 0.0309. The standard InChI is InChI=1S/C32H36N4O/c1-36(2)30-21-31(35-29-15-9-8-14-28(29)30)34-26-18-16-24(17-19-26)22-33-32(37)27-13-7-6-12-25(27)20-23-10-4-3-5-11-23/h3-15,21,24,26H,16-20,22H2,1-2H3,(H,33,37)(H,34,35)/t24-,26+. The van der Waals surface area contributed by atoms with Crippen LogP contribution in [-0.2, 0) is 6.42 Å². The average Bonchev–Trinajstić information content (AvgIpc) is 2.93. The topological polar surface area (TPSA) is 57.3 Å². The molecular weight excluding hydrogens is 456 g/mol. The van der Waals surface area contributed by atoms with E-state index in [9.17, 15) is 4.79 Å². The molecule has 0 aliphatic heterocycles. The highest BCUT2D eigenvalue weighted by Gasteiger charge is 2.23. The fraction of sp³-hybridized carbons (Fsp3) is 0.312. The van der Waals surface area contributed by atoms with Crippen LogP contribution in [-0.4, -0.2) is 37.6 Å². The van der Waals surface area contributed by atoms with Crippen molar-refractivity contribution in [3.05, 3.63) is 102 Å². The fourth-order valence-corrected chi connectivity index (χ4v) is 5.37. The van der Waals surface area contributed by atoms with Gasteiger partial charge < -0.3 is 15.5 Å². The molecule has 2 N–H and O–H groups in total. The van der Waals surface area contributed by atoms with Crippen molar-refractivity contribution in [3.63, 3.8) is 0 Å². The van der Waals surface area contributed by atoms with E-state index in [0.717, 1.165) is 61.1 Å². The molecule has 0 atom stereocenters. The Balaban J connectivity index is 1.15. The zero-order valence-electron chi connectivity index (χ0n) is 21.8. The third-order valence-corrected chi connectivity index (χ3v) is 7.43. The van der Waals surface area contributed by atoms with E-state index < -0.39 is 0 Å². The number of amides is 1. The summed E-state index contributed by atoms with van der Waals surface area (Å²) in [5.41, 5.74) is 5.25. The molecule has 1 heterocycles. The van der Waals surface area contributed by atoms with E-state index >= 15 is 0 Å². The molecule has 190 valence electrons. The van der Waals surface area contributed by atoms with Crippen LogP contribution >= 0.6 is 0 Å². The maximum absolute atomic E-state index is 13.1. The van der Waals surface area contributed by atoms with E-state index in [0.29, 0.717) is 12.0 Å². The van der Waals surface area contributed by atoms with Crippen LogP contribution in [0.4, 0.5) is 11.5 Å². The van der Waals surface area contributed by atoms with Crippen LogP contribution in [0.1, 0.15) is 47.2 Å². The van der Waals surface area contributed by atoms with Gasteiger partial charge in [-0.15, -0.1) is 0 Å². The van der Waals surface area contributed by atoms with E-state index in [1.165, 1.54) is 16.6 Å². The van der Waals surface area contributed by atoms with Gasteiger partial charge in [0.2, 0.25) is 0 Å². The Morgan fingerprint density at radius 2 is 1.59 bits per heavy atom. The van der Waals surface area contributed by atoms with E-state index in [4.69, 9.17) is 4.98 Å². The summed E-state index contributed by atoms with van der Waals surface area (Å²) in [6.07, 6.45) is 5.11. The van der Waals surface area contributed by atoms with Gasteiger partial charge in [0.05, 0.1) is 5.52 Å². The normalized spacial score (nSPS) is 17.4. The number of nitrogens with zero attached hydrogens (tertiary/aromatic N) is 2. The zero-order chi connectivity index (χ0) is 25.6. The Hall–Kier alpha value is -3.86. The number of fused-ring (bicyclic) bond motifs is 1. The number of para-hydroxylation sites is 1. The van der Waals surface area contributed by atoms with Crippen LogP contribution in [0.5, 0.6) is 0 Å². The van der Waals surface area contributed by atoms with E-state index in [2.05, 4.69) is 72.1 Å². The maximum Gasteiger partial charge on any atom is 0.251 e. The summed E-state index contributed by atoms with van der Waals surface area (Å²) in [6, 6.07) is 29.1. The fourth-order valence-electron chi connectivity index (χ4n) is 5.37. The van der Waals surface area contributed by atoms with Gasteiger partial charge in [-0.2, -0.15) is 0 Å². The minimum absolute atomic E-state index is 0.0309. The Bertz CT molecular complexity index is 1340. The quantitative estimate of drug-likeness (QED) is 0.303.